The minimum Gasteiger partial charge on any atom is -0.469 e. The average molecular weight is 340 g/mol. The number of aryl methyl sites for hydroxylation is 1. The number of esters is 1. The predicted molar refractivity (Wildman–Crippen MR) is 92.2 cm³/mol. The third-order valence-corrected chi connectivity index (χ3v) is 4.38. The van der Waals surface area contributed by atoms with E-state index in [1.807, 2.05) is 38.1 Å². The van der Waals surface area contributed by atoms with Crippen molar-refractivity contribution in [2.24, 2.45) is 0 Å². The molecule has 2 heterocycles. The number of rotatable bonds is 3. The lowest BCUT2D eigenvalue weighted by Crippen LogP contribution is -2.30. The van der Waals surface area contributed by atoms with Crippen LogP contribution in [0, 0.1) is 6.92 Å². The van der Waals surface area contributed by atoms with Gasteiger partial charge in [-0.2, -0.15) is 0 Å². The molecule has 7 heteroatoms. The van der Waals surface area contributed by atoms with Gasteiger partial charge < -0.3 is 15.4 Å². The summed E-state index contributed by atoms with van der Waals surface area (Å²) >= 11 is 0. The number of methoxy groups -OCH3 is 1. The van der Waals surface area contributed by atoms with Crippen LogP contribution in [0.4, 0.5) is 5.95 Å². The molecule has 0 aliphatic carbocycles. The predicted octanol–water partition coefficient (Wildman–Crippen LogP) is 2.00. The molecule has 1 aliphatic heterocycles. The van der Waals surface area contributed by atoms with Crippen molar-refractivity contribution in [3.05, 3.63) is 41.1 Å². The van der Waals surface area contributed by atoms with E-state index in [9.17, 15) is 9.59 Å². The van der Waals surface area contributed by atoms with E-state index in [2.05, 4.69) is 14.7 Å². The number of benzene rings is 1. The molecule has 1 atom stereocenters. The number of carbonyl (C=O) groups excluding carboxylic acids is 2. The Balaban J connectivity index is 2.00. The van der Waals surface area contributed by atoms with Gasteiger partial charge in [-0.05, 0) is 19.9 Å². The van der Waals surface area contributed by atoms with Crippen molar-refractivity contribution in [1.82, 2.24) is 14.9 Å². The number of hydrogen-bond donors (Lipinski definition) is 1. The molecule has 130 valence electrons. The molecule has 2 N–H and O–H groups in total. The normalized spacial score (nSPS) is 15.8. The lowest BCUT2D eigenvalue weighted by molar-refractivity contribution is -0.147. The molecule has 25 heavy (non-hydrogen) atoms. The van der Waals surface area contributed by atoms with E-state index < -0.39 is 5.97 Å². The maximum absolute atomic E-state index is 12.4. The number of hydrogen-bond acceptors (Lipinski definition) is 6. The first-order chi connectivity index (χ1) is 11.9. The summed E-state index contributed by atoms with van der Waals surface area (Å²) in [7, 11) is 1.26. The summed E-state index contributed by atoms with van der Waals surface area (Å²) in [6.45, 7) is 4.21. The second kappa shape index (κ2) is 6.51. The summed E-state index contributed by atoms with van der Waals surface area (Å²) in [5.74, 6) is -0.687. The Morgan fingerprint density at radius 3 is 2.80 bits per heavy atom. The van der Waals surface area contributed by atoms with Crippen LogP contribution in [0.1, 0.15) is 36.2 Å². The van der Waals surface area contributed by atoms with Crippen LogP contribution < -0.4 is 5.73 Å². The van der Waals surface area contributed by atoms with Crippen molar-refractivity contribution < 1.29 is 14.3 Å². The highest BCUT2D eigenvalue weighted by Crippen LogP contribution is 2.38. The molecule has 3 rings (SSSR count). The molecule has 1 aromatic carbocycles. The fraction of sp³-hybridized carbons (Fsp3) is 0.333. The maximum atomic E-state index is 12.4. The van der Waals surface area contributed by atoms with Gasteiger partial charge in [-0.3, -0.25) is 9.59 Å². The highest BCUT2D eigenvalue weighted by atomic mass is 16.5. The monoisotopic (exact) mass is 340 g/mol. The average Bonchev–Trinajstić information content (AvgIpc) is 2.91. The molecule has 0 saturated heterocycles. The summed E-state index contributed by atoms with van der Waals surface area (Å²) in [5, 5.41) is 0. The largest absolute Gasteiger partial charge is 0.469 e. The Bertz CT molecular complexity index is 850. The van der Waals surface area contributed by atoms with Gasteiger partial charge in [-0.15, -0.1) is 0 Å². The number of anilines is 1. The van der Waals surface area contributed by atoms with Crippen LogP contribution in [0.5, 0.6) is 0 Å². The van der Waals surface area contributed by atoms with Crippen molar-refractivity contribution in [1.29, 1.82) is 0 Å². The van der Waals surface area contributed by atoms with E-state index in [-0.39, 0.29) is 24.3 Å². The van der Waals surface area contributed by atoms with E-state index in [0.29, 0.717) is 6.54 Å². The Hall–Kier alpha value is -2.96. The van der Waals surface area contributed by atoms with E-state index in [1.54, 1.807) is 4.90 Å². The number of ether oxygens (including phenoxy) is 1. The molecule has 0 bridgehead atoms. The minimum atomic E-state index is -0.558. The third-order valence-electron chi connectivity index (χ3n) is 4.38. The fourth-order valence-electron chi connectivity index (χ4n) is 3.11. The van der Waals surface area contributed by atoms with Crippen molar-refractivity contribution in [3.8, 4) is 11.3 Å². The summed E-state index contributed by atoms with van der Waals surface area (Å²) in [6, 6.07) is 7.66. The SMILES string of the molecule is COC(=O)CC(=O)N1Cc2c(-c3cccc(C)c3)nc(N)nc2C1C. The van der Waals surface area contributed by atoms with Gasteiger partial charge in [-0.1, -0.05) is 23.8 Å². The number of fused-ring (bicyclic) bond motifs is 1. The molecule has 7 nitrogen and oxygen atoms in total. The Morgan fingerprint density at radius 1 is 1.36 bits per heavy atom. The van der Waals surface area contributed by atoms with Gasteiger partial charge in [0, 0.05) is 11.1 Å². The lowest BCUT2D eigenvalue weighted by Gasteiger charge is -2.20. The standard InChI is InChI=1S/C18H20N4O3/c1-10-5-4-6-12(7-10)17-13-9-22(14(23)8-15(24)25-3)11(2)16(13)20-18(19)21-17/h4-7,11H,8-9H2,1-3H3,(H2,19,20,21). The minimum absolute atomic E-state index is 0.171. The lowest BCUT2D eigenvalue weighted by atomic mass is 10.0. The quantitative estimate of drug-likeness (QED) is 0.678. The smallest absolute Gasteiger partial charge is 0.315 e. The number of amides is 1. The second-order valence-electron chi connectivity index (χ2n) is 6.11. The molecule has 0 saturated carbocycles. The molecule has 0 spiro atoms. The summed E-state index contributed by atoms with van der Waals surface area (Å²) in [6.07, 6.45) is -0.294. The molecular formula is C18H20N4O3. The van der Waals surface area contributed by atoms with Crippen LogP contribution in [-0.2, 0) is 20.9 Å². The Morgan fingerprint density at radius 2 is 2.12 bits per heavy atom. The van der Waals surface area contributed by atoms with E-state index in [4.69, 9.17) is 5.73 Å². The Kier molecular flexibility index (Phi) is 4.39. The van der Waals surface area contributed by atoms with E-state index in [1.165, 1.54) is 7.11 Å². The number of nitrogen functional groups attached to an aromatic ring is 1. The maximum Gasteiger partial charge on any atom is 0.315 e. The van der Waals surface area contributed by atoms with Gasteiger partial charge in [0.05, 0.1) is 31.1 Å². The summed E-state index contributed by atoms with van der Waals surface area (Å²) in [5.41, 5.74) is 10.2. The van der Waals surface area contributed by atoms with Gasteiger partial charge in [0.1, 0.15) is 6.42 Å². The van der Waals surface area contributed by atoms with Crippen molar-refractivity contribution >= 4 is 17.8 Å². The van der Waals surface area contributed by atoms with E-state index >= 15 is 0 Å². The molecular weight excluding hydrogens is 320 g/mol. The highest BCUT2D eigenvalue weighted by molar-refractivity contribution is 5.94. The molecule has 1 amide bonds. The number of aromatic nitrogens is 2. The molecule has 0 radical (unpaired) electrons. The third kappa shape index (κ3) is 3.17. The number of carbonyl (C=O) groups is 2. The number of nitrogens with zero attached hydrogens (tertiary/aromatic N) is 3. The highest BCUT2D eigenvalue weighted by Gasteiger charge is 2.35. The van der Waals surface area contributed by atoms with Gasteiger partial charge in [0.15, 0.2) is 0 Å². The number of nitrogens with two attached hydrogens (primary N) is 1. The Labute approximate surface area is 145 Å². The van der Waals surface area contributed by atoms with Crippen molar-refractivity contribution in [2.75, 3.05) is 12.8 Å². The molecule has 1 unspecified atom stereocenters. The zero-order valence-corrected chi connectivity index (χ0v) is 14.4. The zero-order chi connectivity index (χ0) is 18.1. The second-order valence-corrected chi connectivity index (χ2v) is 6.11. The molecule has 2 aromatic rings. The van der Waals surface area contributed by atoms with Crippen LogP contribution in [0.2, 0.25) is 0 Å². The van der Waals surface area contributed by atoms with Gasteiger partial charge in [-0.25, -0.2) is 9.97 Å². The van der Waals surface area contributed by atoms with Crippen molar-refractivity contribution in [2.45, 2.75) is 32.9 Å². The zero-order valence-electron chi connectivity index (χ0n) is 14.4. The van der Waals surface area contributed by atoms with Crippen LogP contribution in [0.15, 0.2) is 24.3 Å². The van der Waals surface area contributed by atoms with Gasteiger partial charge >= 0.3 is 5.97 Å². The topological polar surface area (TPSA) is 98.4 Å². The first kappa shape index (κ1) is 16.9. The molecule has 1 aliphatic rings. The molecule has 1 aromatic heterocycles. The van der Waals surface area contributed by atoms with Crippen LogP contribution in [-0.4, -0.2) is 33.9 Å². The molecule has 0 fully saturated rings. The van der Waals surface area contributed by atoms with Crippen LogP contribution in [0.25, 0.3) is 11.3 Å². The van der Waals surface area contributed by atoms with Crippen LogP contribution in [0.3, 0.4) is 0 Å². The van der Waals surface area contributed by atoms with Crippen LogP contribution >= 0.6 is 0 Å². The van der Waals surface area contributed by atoms with Gasteiger partial charge in [0.25, 0.3) is 0 Å². The van der Waals surface area contributed by atoms with E-state index in [0.717, 1.165) is 28.1 Å². The summed E-state index contributed by atoms with van der Waals surface area (Å²) < 4.78 is 4.58. The fourth-order valence-corrected chi connectivity index (χ4v) is 3.11. The summed E-state index contributed by atoms with van der Waals surface area (Å²) in [4.78, 5) is 34.2. The van der Waals surface area contributed by atoms with Crippen molar-refractivity contribution in [3.63, 3.8) is 0 Å². The first-order valence-corrected chi connectivity index (χ1v) is 8.00. The van der Waals surface area contributed by atoms with Gasteiger partial charge in [0.2, 0.25) is 11.9 Å². The first-order valence-electron chi connectivity index (χ1n) is 8.00.